The Labute approximate surface area is 191 Å². The van der Waals surface area contributed by atoms with E-state index in [1.807, 2.05) is 5.32 Å². The third-order valence-corrected chi connectivity index (χ3v) is 5.36. The van der Waals surface area contributed by atoms with Gasteiger partial charge in [-0.2, -0.15) is 13.2 Å². The SMILES string of the molecule is O=C(NC(=O)c1c(F)cccc1F)Nc1ccc(Sc2ncc(C(F)(F)F)cc2Cl)cc1F. The van der Waals surface area contributed by atoms with Gasteiger partial charge in [0.05, 0.1) is 16.3 Å². The molecule has 0 aliphatic carbocycles. The van der Waals surface area contributed by atoms with E-state index in [4.69, 9.17) is 11.6 Å². The smallest absolute Gasteiger partial charge is 0.305 e. The number of amides is 3. The fraction of sp³-hybridized carbons (Fsp3) is 0.0500. The minimum absolute atomic E-state index is 0.0139. The molecular weight excluding hydrogens is 496 g/mol. The maximum atomic E-state index is 14.4. The lowest BCUT2D eigenvalue weighted by molar-refractivity contribution is -0.137. The number of carbonyl (C=O) groups excluding carboxylic acids is 2. The first-order valence-electron chi connectivity index (χ1n) is 8.72. The minimum Gasteiger partial charge on any atom is -0.305 e. The predicted octanol–water partition coefficient (Wildman–Crippen LogP) is 6.28. The van der Waals surface area contributed by atoms with E-state index in [1.165, 1.54) is 6.07 Å². The molecule has 2 aromatic carbocycles. The molecule has 3 aromatic rings. The summed E-state index contributed by atoms with van der Waals surface area (Å²) in [5.41, 5.74) is -2.41. The summed E-state index contributed by atoms with van der Waals surface area (Å²) in [6.07, 6.45) is -4.04. The lowest BCUT2D eigenvalue weighted by atomic mass is 10.2. The van der Waals surface area contributed by atoms with Gasteiger partial charge in [0.25, 0.3) is 5.91 Å². The Kier molecular flexibility index (Phi) is 7.18. The van der Waals surface area contributed by atoms with Crippen molar-refractivity contribution in [3.63, 3.8) is 0 Å². The number of imide groups is 1. The van der Waals surface area contributed by atoms with Crippen LogP contribution in [-0.4, -0.2) is 16.9 Å². The van der Waals surface area contributed by atoms with Crippen LogP contribution in [0.3, 0.4) is 0 Å². The summed E-state index contributed by atoms with van der Waals surface area (Å²) in [7, 11) is 0. The molecular formula is C20H10ClF6N3O2S. The Morgan fingerprint density at radius 2 is 1.64 bits per heavy atom. The fourth-order valence-electron chi connectivity index (χ4n) is 2.46. The molecule has 0 spiro atoms. The monoisotopic (exact) mass is 505 g/mol. The third kappa shape index (κ3) is 5.96. The largest absolute Gasteiger partial charge is 0.417 e. The number of alkyl halides is 3. The highest BCUT2D eigenvalue weighted by Crippen LogP contribution is 2.37. The minimum atomic E-state index is -4.63. The number of benzene rings is 2. The van der Waals surface area contributed by atoms with Crippen molar-refractivity contribution < 1.29 is 35.9 Å². The van der Waals surface area contributed by atoms with Crippen molar-refractivity contribution in [3.8, 4) is 0 Å². The second-order valence-corrected chi connectivity index (χ2v) is 7.73. The summed E-state index contributed by atoms with van der Waals surface area (Å²) in [6, 6.07) is 5.45. The topological polar surface area (TPSA) is 71.1 Å². The number of nitrogens with zero attached hydrogens (tertiary/aromatic N) is 1. The van der Waals surface area contributed by atoms with E-state index in [0.717, 1.165) is 42.1 Å². The standard InChI is InChI=1S/C20H10ClF6N3O2S/c21-11-6-9(20(25,26)27)8-28-18(11)33-10-4-5-15(14(24)7-10)29-19(32)30-17(31)16-12(22)2-1-3-13(16)23/h1-8H,(H2,29,30,31,32). The lowest BCUT2D eigenvalue weighted by Crippen LogP contribution is -2.35. The molecule has 2 N–H and O–H groups in total. The van der Waals surface area contributed by atoms with E-state index in [-0.39, 0.29) is 20.6 Å². The summed E-state index contributed by atoms with van der Waals surface area (Å²) >= 11 is 6.59. The van der Waals surface area contributed by atoms with Gasteiger partial charge in [0.2, 0.25) is 0 Å². The normalized spacial score (nSPS) is 11.2. The molecule has 33 heavy (non-hydrogen) atoms. The highest BCUT2D eigenvalue weighted by molar-refractivity contribution is 7.99. The molecule has 172 valence electrons. The quantitative estimate of drug-likeness (QED) is 0.409. The van der Waals surface area contributed by atoms with Crippen LogP contribution in [0.5, 0.6) is 0 Å². The summed E-state index contributed by atoms with van der Waals surface area (Å²) in [5, 5.41) is 3.37. The number of anilines is 1. The van der Waals surface area contributed by atoms with Gasteiger partial charge in [-0.15, -0.1) is 0 Å². The van der Waals surface area contributed by atoms with E-state index >= 15 is 0 Å². The summed E-state index contributed by atoms with van der Waals surface area (Å²) in [5.74, 6) is -4.73. The van der Waals surface area contributed by atoms with Crippen molar-refractivity contribution in [1.82, 2.24) is 10.3 Å². The average molecular weight is 506 g/mol. The van der Waals surface area contributed by atoms with E-state index < -0.39 is 46.7 Å². The molecule has 3 rings (SSSR count). The van der Waals surface area contributed by atoms with Gasteiger partial charge in [0, 0.05) is 11.1 Å². The maximum absolute atomic E-state index is 14.4. The van der Waals surface area contributed by atoms with Crippen LogP contribution in [0.2, 0.25) is 5.02 Å². The van der Waals surface area contributed by atoms with Gasteiger partial charge in [0.15, 0.2) is 0 Å². The zero-order valence-corrected chi connectivity index (χ0v) is 17.5. The van der Waals surface area contributed by atoms with Gasteiger partial charge in [-0.25, -0.2) is 22.9 Å². The van der Waals surface area contributed by atoms with Gasteiger partial charge in [-0.3, -0.25) is 10.1 Å². The molecule has 0 aliphatic rings. The molecule has 5 nitrogen and oxygen atoms in total. The maximum Gasteiger partial charge on any atom is 0.417 e. The highest BCUT2D eigenvalue weighted by atomic mass is 35.5. The molecule has 0 saturated carbocycles. The van der Waals surface area contributed by atoms with Crippen molar-refractivity contribution in [2.45, 2.75) is 16.1 Å². The molecule has 0 fully saturated rings. The number of hydrogen-bond acceptors (Lipinski definition) is 4. The number of pyridine rings is 1. The summed E-state index contributed by atoms with van der Waals surface area (Å²) in [4.78, 5) is 27.7. The van der Waals surface area contributed by atoms with E-state index in [1.54, 1.807) is 5.32 Å². The first kappa shape index (κ1) is 24.4. The highest BCUT2D eigenvalue weighted by Gasteiger charge is 2.31. The van der Waals surface area contributed by atoms with Gasteiger partial charge >= 0.3 is 12.2 Å². The van der Waals surface area contributed by atoms with E-state index in [0.29, 0.717) is 12.3 Å². The molecule has 3 amide bonds. The predicted molar refractivity (Wildman–Crippen MR) is 108 cm³/mol. The van der Waals surface area contributed by atoms with Crippen molar-refractivity contribution >= 4 is 41.0 Å². The van der Waals surface area contributed by atoms with Crippen molar-refractivity contribution in [3.05, 3.63) is 82.3 Å². The number of hydrogen-bond donors (Lipinski definition) is 2. The van der Waals surface area contributed by atoms with Crippen molar-refractivity contribution in [2.75, 3.05) is 5.32 Å². The molecule has 0 unspecified atom stereocenters. The van der Waals surface area contributed by atoms with Crippen LogP contribution in [0, 0.1) is 17.5 Å². The first-order chi connectivity index (χ1) is 15.5. The van der Waals surface area contributed by atoms with Gasteiger partial charge < -0.3 is 5.32 Å². The number of nitrogens with one attached hydrogen (secondary N) is 2. The first-order valence-corrected chi connectivity index (χ1v) is 9.91. The Balaban J connectivity index is 1.68. The van der Waals surface area contributed by atoms with Crippen LogP contribution < -0.4 is 10.6 Å². The van der Waals surface area contributed by atoms with Crippen LogP contribution in [0.15, 0.2) is 58.6 Å². The van der Waals surface area contributed by atoms with Crippen LogP contribution >= 0.6 is 23.4 Å². The van der Waals surface area contributed by atoms with Gasteiger partial charge in [0.1, 0.15) is 28.0 Å². The van der Waals surface area contributed by atoms with Gasteiger partial charge in [-0.1, -0.05) is 29.4 Å². The second kappa shape index (κ2) is 9.71. The van der Waals surface area contributed by atoms with Crippen molar-refractivity contribution in [2.24, 2.45) is 0 Å². The van der Waals surface area contributed by atoms with Crippen LogP contribution in [0.1, 0.15) is 15.9 Å². The van der Waals surface area contributed by atoms with Gasteiger partial charge in [-0.05, 0) is 36.4 Å². The summed E-state index contributed by atoms with van der Waals surface area (Å²) < 4.78 is 79.6. The molecule has 1 heterocycles. The number of urea groups is 1. The van der Waals surface area contributed by atoms with Crippen LogP contribution in [0.25, 0.3) is 0 Å². The zero-order chi connectivity index (χ0) is 24.3. The molecule has 0 aliphatic heterocycles. The molecule has 0 bridgehead atoms. The molecule has 1 aromatic heterocycles. The number of halogens is 7. The zero-order valence-electron chi connectivity index (χ0n) is 15.9. The molecule has 0 radical (unpaired) electrons. The fourth-order valence-corrected chi connectivity index (χ4v) is 3.53. The van der Waals surface area contributed by atoms with Crippen LogP contribution in [0.4, 0.5) is 36.8 Å². The lowest BCUT2D eigenvalue weighted by Gasteiger charge is -2.11. The molecule has 0 saturated heterocycles. The van der Waals surface area contributed by atoms with Crippen molar-refractivity contribution in [1.29, 1.82) is 0 Å². The third-order valence-electron chi connectivity index (χ3n) is 3.95. The number of aromatic nitrogens is 1. The second-order valence-electron chi connectivity index (χ2n) is 6.26. The average Bonchev–Trinajstić information content (AvgIpc) is 2.70. The Morgan fingerprint density at radius 1 is 0.970 bits per heavy atom. The van der Waals surface area contributed by atoms with E-state index in [2.05, 4.69) is 4.98 Å². The number of rotatable bonds is 4. The van der Waals surface area contributed by atoms with E-state index in [9.17, 15) is 35.9 Å². The summed E-state index contributed by atoms with van der Waals surface area (Å²) in [6.45, 7) is 0. The molecule has 13 heteroatoms. The Bertz CT molecular complexity index is 1220. The van der Waals surface area contributed by atoms with Crippen LogP contribution in [-0.2, 0) is 6.18 Å². The Morgan fingerprint density at radius 3 is 2.21 bits per heavy atom. The molecule has 0 atom stereocenters. The Hall–Kier alpha value is -3.25. The number of carbonyl (C=O) groups is 2.